The summed E-state index contributed by atoms with van der Waals surface area (Å²) >= 11 is 0. The Morgan fingerprint density at radius 2 is 2.10 bits per heavy atom. The maximum absolute atomic E-state index is 12.1. The van der Waals surface area contributed by atoms with Crippen molar-refractivity contribution in [2.45, 2.75) is 45.3 Å². The van der Waals surface area contributed by atoms with Crippen LogP contribution in [0, 0.1) is 5.92 Å². The van der Waals surface area contributed by atoms with Gasteiger partial charge in [0, 0.05) is 17.8 Å². The number of alkyl halides is 2. The van der Waals surface area contributed by atoms with E-state index in [1.807, 2.05) is 0 Å². The van der Waals surface area contributed by atoms with Crippen LogP contribution in [-0.2, 0) is 0 Å². The molecule has 1 aliphatic carbocycles. The molecule has 2 N–H and O–H groups in total. The van der Waals surface area contributed by atoms with E-state index in [9.17, 15) is 13.6 Å². The number of urea groups is 1. The molecule has 0 bridgehead atoms. The summed E-state index contributed by atoms with van der Waals surface area (Å²) in [6, 6.07) is 5.81. The van der Waals surface area contributed by atoms with Crippen LogP contribution in [0.25, 0.3) is 0 Å². The fourth-order valence-electron chi connectivity index (χ4n) is 2.62. The highest BCUT2D eigenvalue weighted by Crippen LogP contribution is 2.24. The van der Waals surface area contributed by atoms with E-state index in [-0.39, 0.29) is 17.8 Å². The zero-order chi connectivity index (χ0) is 15.2. The van der Waals surface area contributed by atoms with Crippen LogP contribution < -0.4 is 15.4 Å². The average Bonchev–Trinajstić information content (AvgIpc) is 2.41. The number of carbonyl (C=O) groups is 1. The Kier molecular flexibility index (Phi) is 5.36. The number of anilines is 1. The molecule has 4 nitrogen and oxygen atoms in total. The van der Waals surface area contributed by atoms with Crippen molar-refractivity contribution in [2.24, 2.45) is 5.92 Å². The van der Waals surface area contributed by atoms with Crippen molar-refractivity contribution in [1.82, 2.24) is 5.32 Å². The summed E-state index contributed by atoms with van der Waals surface area (Å²) in [5.41, 5.74) is 0.425. The Labute approximate surface area is 122 Å². The largest absolute Gasteiger partial charge is 0.435 e. The Morgan fingerprint density at radius 1 is 1.33 bits per heavy atom. The van der Waals surface area contributed by atoms with Gasteiger partial charge in [0.2, 0.25) is 0 Å². The lowest BCUT2D eigenvalue weighted by molar-refractivity contribution is -0.0497. The predicted molar refractivity (Wildman–Crippen MR) is 76.6 cm³/mol. The monoisotopic (exact) mass is 298 g/mol. The third-order valence-electron chi connectivity index (χ3n) is 3.75. The van der Waals surface area contributed by atoms with Gasteiger partial charge in [-0.15, -0.1) is 0 Å². The van der Waals surface area contributed by atoms with Gasteiger partial charge in [-0.25, -0.2) is 4.79 Å². The zero-order valence-electron chi connectivity index (χ0n) is 11.9. The summed E-state index contributed by atoms with van der Waals surface area (Å²) < 4.78 is 28.6. The van der Waals surface area contributed by atoms with E-state index >= 15 is 0 Å². The number of rotatable bonds is 4. The van der Waals surface area contributed by atoms with E-state index in [1.54, 1.807) is 12.1 Å². The number of hydrogen-bond acceptors (Lipinski definition) is 2. The van der Waals surface area contributed by atoms with Crippen LogP contribution in [0.3, 0.4) is 0 Å². The summed E-state index contributed by atoms with van der Waals surface area (Å²) in [7, 11) is 0. The molecular formula is C15H20F2N2O2. The first-order valence-corrected chi connectivity index (χ1v) is 7.17. The van der Waals surface area contributed by atoms with E-state index in [0.717, 1.165) is 19.3 Å². The van der Waals surface area contributed by atoms with Crippen molar-refractivity contribution in [3.63, 3.8) is 0 Å². The van der Waals surface area contributed by atoms with Crippen molar-refractivity contribution >= 4 is 11.7 Å². The first kappa shape index (κ1) is 15.5. The lowest BCUT2D eigenvalue weighted by atomic mass is 9.86. The minimum atomic E-state index is -2.88. The van der Waals surface area contributed by atoms with E-state index in [0.29, 0.717) is 11.6 Å². The number of amides is 2. The fourth-order valence-corrected chi connectivity index (χ4v) is 2.62. The van der Waals surface area contributed by atoms with Gasteiger partial charge >= 0.3 is 12.6 Å². The van der Waals surface area contributed by atoms with Crippen molar-refractivity contribution in [3.8, 4) is 5.75 Å². The maximum atomic E-state index is 12.1. The molecule has 0 heterocycles. The minimum absolute atomic E-state index is 0.0221. The van der Waals surface area contributed by atoms with E-state index < -0.39 is 6.61 Å². The number of hydrogen-bond donors (Lipinski definition) is 2. The maximum Gasteiger partial charge on any atom is 0.387 e. The Morgan fingerprint density at radius 3 is 2.81 bits per heavy atom. The number of benzene rings is 1. The summed E-state index contributed by atoms with van der Waals surface area (Å²) in [5.74, 6) is 0.479. The molecule has 0 aliphatic heterocycles. The van der Waals surface area contributed by atoms with Gasteiger partial charge < -0.3 is 15.4 Å². The van der Waals surface area contributed by atoms with Gasteiger partial charge in [0.05, 0.1) is 0 Å². The summed E-state index contributed by atoms with van der Waals surface area (Å²) in [6.07, 6.45) is 4.41. The molecule has 2 rings (SSSR count). The summed E-state index contributed by atoms with van der Waals surface area (Å²) in [5, 5.41) is 5.59. The minimum Gasteiger partial charge on any atom is -0.435 e. The number of ether oxygens (including phenoxy) is 1. The van der Waals surface area contributed by atoms with Crippen LogP contribution in [0.2, 0.25) is 0 Å². The molecule has 6 heteroatoms. The van der Waals surface area contributed by atoms with Gasteiger partial charge in [0.1, 0.15) is 5.75 Å². The van der Waals surface area contributed by atoms with Crippen LogP contribution in [0.1, 0.15) is 32.6 Å². The second-order valence-electron chi connectivity index (χ2n) is 5.37. The van der Waals surface area contributed by atoms with Crippen molar-refractivity contribution in [3.05, 3.63) is 24.3 Å². The molecule has 0 spiro atoms. The molecule has 1 aliphatic rings. The third-order valence-corrected chi connectivity index (χ3v) is 3.75. The van der Waals surface area contributed by atoms with Gasteiger partial charge in [0.25, 0.3) is 0 Å². The fraction of sp³-hybridized carbons (Fsp3) is 0.533. The molecule has 1 aromatic rings. The van der Waals surface area contributed by atoms with Crippen LogP contribution in [0.4, 0.5) is 19.3 Å². The number of halogens is 2. The zero-order valence-corrected chi connectivity index (χ0v) is 11.9. The van der Waals surface area contributed by atoms with E-state index in [4.69, 9.17) is 0 Å². The SMILES string of the molecule is CC1CCCCC1NC(=O)Nc1cccc(OC(F)F)c1. The molecule has 2 amide bonds. The van der Waals surface area contributed by atoms with Crippen LogP contribution >= 0.6 is 0 Å². The quantitative estimate of drug-likeness (QED) is 0.883. The molecule has 1 fully saturated rings. The summed E-state index contributed by atoms with van der Waals surface area (Å²) in [6.45, 7) is -0.751. The second-order valence-corrected chi connectivity index (χ2v) is 5.37. The number of nitrogens with one attached hydrogen (secondary N) is 2. The van der Waals surface area contributed by atoms with Gasteiger partial charge in [-0.2, -0.15) is 8.78 Å². The average molecular weight is 298 g/mol. The highest BCUT2D eigenvalue weighted by atomic mass is 19.3. The third kappa shape index (κ3) is 4.88. The van der Waals surface area contributed by atoms with Gasteiger partial charge in [-0.1, -0.05) is 25.8 Å². The lowest BCUT2D eigenvalue weighted by Gasteiger charge is -2.29. The van der Waals surface area contributed by atoms with Crippen LogP contribution in [-0.4, -0.2) is 18.7 Å². The van der Waals surface area contributed by atoms with Crippen molar-refractivity contribution in [1.29, 1.82) is 0 Å². The van der Waals surface area contributed by atoms with E-state index in [2.05, 4.69) is 22.3 Å². The van der Waals surface area contributed by atoms with Gasteiger partial charge in [-0.3, -0.25) is 0 Å². The molecule has 116 valence electrons. The number of carbonyl (C=O) groups excluding carboxylic acids is 1. The highest BCUT2D eigenvalue weighted by molar-refractivity contribution is 5.89. The van der Waals surface area contributed by atoms with Crippen LogP contribution in [0.15, 0.2) is 24.3 Å². The smallest absolute Gasteiger partial charge is 0.387 e. The second kappa shape index (κ2) is 7.24. The topological polar surface area (TPSA) is 50.4 Å². The first-order valence-electron chi connectivity index (χ1n) is 7.17. The van der Waals surface area contributed by atoms with Crippen LogP contribution in [0.5, 0.6) is 5.75 Å². The molecule has 1 aromatic carbocycles. The van der Waals surface area contributed by atoms with Gasteiger partial charge in [0.15, 0.2) is 0 Å². The molecular weight excluding hydrogens is 278 g/mol. The normalized spacial score (nSPS) is 21.9. The Balaban J connectivity index is 1.90. The van der Waals surface area contributed by atoms with Gasteiger partial charge in [-0.05, 0) is 30.9 Å². The Hall–Kier alpha value is -1.85. The van der Waals surface area contributed by atoms with Crippen molar-refractivity contribution in [2.75, 3.05) is 5.32 Å². The molecule has 1 saturated carbocycles. The van der Waals surface area contributed by atoms with E-state index in [1.165, 1.54) is 18.6 Å². The highest BCUT2D eigenvalue weighted by Gasteiger charge is 2.22. The Bertz CT molecular complexity index is 482. The molecule has 0 aromatic heterocycles. The molecule has 0 saturated heterocycles. The lowest BCUT2D eigenvalue weighted by Crippen LogP contribution is -2.43. The molecule has 21 heavy (non-hydrogen) atoms. The molecule has 2 unspecified atom stereocenters. The van der Waals surface area contributed by atoms with Crippen molar-refractivity contribution < 1.29 is 18.3 Å². The molecule has 2 atom stereocenters. The summed E-state index contributed by atoms with van der Waals surface area (Å²) in [4.78, 5) is 11.9. The predicted octanol–water partition coefficient (Wildman–Crippen LogP) is 3.99. The molecule has 0 radical (unpaired) electrons. The first-order chi connectivity index (χ1) is 10.0. The standard InChI is InChI=1S/C15H20F2N2O2/c1-10-5-2-3-8-13(10)19-15(20)18-11-6-4-7-12(9-11)21-14(16)17/h4,6-7,9-10,13-14H,2-3,5,8H2,1H3,(H2,18,19,20).